The molecule has 0 amide bonds. The quantitative estimate of drug-likeness (QED) is 0.852. The lowest BCUT2D eigenvalue weighted by Crippen LogP contribution is -2.31. The lowest BCUT2D eigenvalue weighted by Gasteiger charge is -2.16. The molecule has 4 nitrogen and oxygen atoms in total. The zero-order valence-electron chi connectivity index (χ0n) is 12.3. The first kappa shape index (κ1) is 14.5. The van der Waals surface area contributed by atoms with Gasteiger partial charge in [-0.1, -0.05) is 12.1 Å². The first-order chi connectivity index (χ1) is 9.45. The number of thiocarbonyl (C=S) groups is 1. The van der Waals surface area contributed by atoms with Crippen LogP contribution in [0.15, 0.2) is 30.5 Å². The molecule has 0 aliphatic heterocycles. The van der Waals surface area contributed by atoms with Gasteiger partial charge in [0.15, 0.2) is 5.11 Å². The van der Waals surface area contributed by atoms with Gasteiger partial charge in [0.25, 0.3) is 0 Å². The average Bonchev–Trinajstić information content (AvgIpc) is 2.68. The number of rotatable bonds is 3. The van der Waals surface area contributed by atoms with Crippen LogP contribution in [0.1, 0.15) is 29.8 Å². The minimum Gasteiger partial charge on any atom is -0.356 e. The molecule has 0 radical (unpaired) electrons. The van der Waals surface area contributed by atoms with E-state index in [9.17, 15) is 0 Å². The zero-order valence-corrected chi connectivity index (χ0v) is 13.1. The van der Waals surface area contributed by atoms with Gasteiger partial charge in [0.1, 0.15) is 0 Å². The van der Waals surface area contributed by atoms with Crippen LogP contribution in [-0.2, 0) is 7.05 Å². The lowest BCUT2D eigenvalue weighted by molar-refractivity contribution is 0.715. The molecule has 0 fully saturated rings. The maximum atomic E-state index is 5.36. The lowest BCUT2D eigenvalue weighted by atomic mass is 10.1. The van der Waals surface area contributed by atoms with Crippen molar-refractivity contribution in [3.8, 4) is 0 Å². The SMILES string of the molecule is Cc1cccc(NC(=S)NC(C)c2cn(C)nc2C)c1. The Labute approximate surface area is 125 Å². The van der Waals surface area contributed by atoms with E-state index in [1.165, 1.54) is 5.56 Å². The molecule has 106 valence electrons. The number of hydrogen-bond acceptors (Lipinski definition) is 2. The Morgan fingerprint density at radius 3 is 2.70 bits per heavy atom. The van der Waals surface area contributed by atoms with Crippen molar-refractivity contribution in [2.45, 2.75) is 26.8 Å². The monoisotopic (exact) mass is 288 g/mol. The van der Waals surface area contributed by atoms with Gasteiger partial charge in [-0.2, -0.15) is 5.10 Å². The second-order valence-corrected chi connectivity index (χ2v) is 5.44. The highest BCUT2D eigenvalue weighted by Gasteiger charge is 2.12. The molecule has 0 spiro atoms. The van der Waals surface area contributed by atoms with Crippen molar-refractivity contribution >= 4 is 23.0 Å². The standard InChI is InChI=1S/C15H20N4S/c1-10-6-5-7-13(8-10)17-15(20)16-11(2)14-9-19(4)18-12(14)3/h5-9,11H,1-4H3,(H2,16,17,20). The van der Waals surface area contributed by atoms with Crippen LogP contribution in [0.5, 0.6) is 0 Å². The number of benzene rings is 1. The number of nitrogens with one attached hydrogen (secondary N) is 2. The molecular formula is C15H20N4S. The second kappa shape index (κ2) is 6.05. The Bertz CT molecular complexity index is 618. The molecule has 2 rings (SSSR count). The van der Waals surface area contributed by atoms with Crippen molar-refractivity contribution in [1.82, 2.24) is 15.1 Å². The van der Waals surface area contributed by atoms with Gasteiger partial charge in [0.2, 0.25) is 0 Å². The average molecular weight is 288 g/mol. The topological polar surface area (TPSA) is 41.9 Å². The maximum Gasteiger partial charge on any atom is 0.171 e. The Kier molecular flexibility index (Phi) is 4.39. The molecule has 1 heterocycles. The zero-order chi connectivity index (χ0) is 14.7. The van der Waals surface area contributed by atoms with Crippen molar-refractivity contribution in [3.05, 3.63) is 47.3 Å². The number of hydrogen-bond donors (Lipinski definition) is 2. The Balaban J connectivity index is 1.99. The summed E-state index contributed by atoms with van der Waals surface area (Å²) in [6, 6.07) is 8.25. The summed E-state index contributed by atoms with van der Waals surface area (Å²) in [6.45, 7) is 6.14. The molecule has 1 aromatic carbocycles. The summed E-state index contributed by atoms with van der Waals surface area (Å²) >= 11 is 5.36. The van der Waals surface area contributed by atoms with E-state index in [0.29, 0.717) is 5.11 Å². The van der Waals surface area contributed by atoms with Gasteiger partial charge in [-0.05, 0) is 50.7 Å². The summed E-state index contributed by atoms with van der Waals surface area (Å²) < 4.78 is 1.82. The highest BCUT2D eigenvalue weighted by molar-refractivity contribution is 7.80. The third-order valence-corrected chi connectivity index (χ3v) is 3.36. The molecule has 2 N–H and O–H groups in total. The van der Waals surface area contributed by atoms with Crippen LogP contribution in [0, 0.1) is 13.8 Å². The highest BCUT2D eigenvalue weighted by atomic mass is 32.1. The van der Waals surface area contributed by atoms with Gasteiger partial charge in [-0.3, -0.25) is 4.68 Å². The number of aryl methyl sites for hydroxylation is 3. The molecule has 2 aromatic rings. The normalized spacial score (nSPS) is 12.0. The van der Waals surface area contributed by atoms with Gasteiger partial charge >= 0.3 is 0 Å². The van der Waals surface area contributed by atoms with E-state index in [1.54, 1.807) is 0 Å². The molecule has 0 saturated heterocycles. The van der Waals surface area contributed by atoms with Crippen molar-refractivity contribution in [2.24, 2.45) is 7.05 Å². The molecule has 20 heavy (non-hydrogen) atoms. The van der Waals surface area contributed by atoms with Gasteiger partial charge in [-0.15, -0.1) is 0 Å². The van der Waals surface area contributed by atoms with Gasteiger partial charge < -0.3 is 10.6 Å². The molecule has 0 saturated carbocycles. The van der Waals surface area contributed by atoms with E-state index in [-0.39, 0.29) is 6.04 Å². The number of anilines is 1. The molecule has 0 aliphatic rings. The fourth-order valence-electron chi connectivity index (χ4n) is 2.21. The van der Waals surface area contributed by atoms with Crippen LogP contribution in [0.25, 0.3) is 0 Å². The van der Waals surface area contributed by atoms with Crippen molar-refractivity contribution < 1.29 is 0 Å². The molecular weight excluding hydrogens is 268 g/mol. The fourth-order valence-corrected chi connectivity index (χ4v) is 2.50. The summed E-state index contributed by atoms with van der Waals surface area (Å²) in [6.07, 6.45) is 2.02. The largest absolute Gasteiger partial charge is 0.356 e. The summed E-state index contributed by atoms with van der Waals surface area (Å²) in [7, 11) is 1.92. The third kappa shape index (κ3) is 3.57. The number of aromatic nitrogens is 2. The van der Waals surface area contributed by atoms with Crippen LogP contribution in [0.2, 0.25) is 0 Å². The third-order valence-electron chi connectivity index (χ3n) is 3.14. The van der Waals surface area contributed by atoms with Crippen molar-refractivity contribution in [1.29, 1.82) is 0 Å². The van der Waals surface area contributed by atoms with Crippen LogP contribution in [0.3, 0.4) is 0 Å². The second-order valence-electron chi connectivity index (χ2n) is 5.03. The van der Waals surface area contributed by atoms with E-state index < -0.39 is 0 Å². The first-order valence-electron chi connectivity index (χ1n) is 6.60. The van der Waals surface area contributed by atoms with E-state index in [0.717, 1.165) is 16.9 Å². The molecule has 1 aromatic heterocycles. The van der Waals surface area contributed by atoms with Crippen LogP contribution in [-0.4, -0.2) is 14.9 Å². The Morgan fingerprint density at radius 1 is 1.35 bits per heavy atom. The summed E-state index contributed by atoms with van der Waals surface area (Å²) in [5.41, 5.74) is 4.37. The first-order valence-corrected chi connectivity index (χ1v) is 7.01. The van der Waals surface area contributed by atoms with E-state index in [4.69, 9.17) is 12.2 Å². The fraction of sp³-hybridized carbons (Fsp3) is 0.333. The van der Waals surface area contributed by atoms with E-state index >= 15 is 0 Å². The number of nitrogens with zero attached hydrogens (tertiary/aromatic N) is 2. The van der Waals surface area contributed by atoms with Crippen LogP contribution in [0.4, 0.5) is 5.69 Å². The molecule has 0 aliphatic carbocycles. The van der Waals surface area contributed by atoms with Gasteiger partial charge in [0, 0.05) is 24.5 Å². The summed E-state index contributed by atoms with van der Waals surface area (Å²) in [5.74, 6) is 0. The molecule has 5 heteroatoms. The summed E-state index contributed by atoms with van der Waals surface area (Å²) in [5, 5.41) is 11.5. The smallest absolute Gasteiger partial charge is 0.171 e. The molecule has 1 atom stereocenters. The van der Waals surface area contributed by atoms with E-state index in [2.05, 4.69) is 41.7 Å². The molecule has 1 unspecified atom stereocenters. The maximum absolute atomic E-state index is 5.36. The minimum atomic E-state index is 0.119. The predicted molar refractivity (Wildman–Crippen MR) is 86.9 cm³/mol. The predicted octanol–water partition coefficient (Wildman–Crippen LogP) is 3.08. The minimum absolute atomic E-state index is 0.119. The summed E-state index contributed by atoms with van der Waals surface area (Å²) in [4.78, 5) is 0. The molecule has 0 bridgehead atoms. The Hall–Kier alpha value is -1.88. The van der Waals surface area contributed by atoms with E-state index in [1.807, 2.05) is 37.0 Å². The van der Waals surface area contributed by atoms with Gasteiger partial charge in [-0.25, -0.2) is 0 Å². The Morgan fingerprint density at radius 2 is 2.10 bits per heavy atom. The van der Waals surface area contributed by atoms with Crippen molar-refractivity contribution in [2.75, 3.05) is 5.32 Å². The highest BCUT2D eigenvalue weighted by Crippen LogP contribution is 2.16. The van der Waals surface area contributed by atoms with Crippen LogP contribution >= 0.6 is 12.2 Å². The van der Waals surface area contributed by atoms with Crippen LogP contribution < -0.4 is 10.6 Å². The van der Waals surface area contributed by atoms with Gasteiger partial charge in [0.05, 0.1) is 11.7 Å². The van der Waals surface area contributed by atoms with Crippen molar-refractivity contribution in [3.63, 3.8) is 0 Å².